The molecule has 0 saturated heterocycles. The number of hydrogen-bond donors (Lipinski definition) is 1. The highest BCUT2D eigenvalue weighted by atomic mass is 16.5. The zero-order valence-electron chi connectivity index (χ0n) is 11.0. The Hall–Kier alpha value is -1.36. The number of aryl methyl sites for hydroxylation is 2. The molecule has 1 heterocycles. The zero-order valence-corrected chi connectivity index (χ0v) is 11.0. The minimum atomic E-state index is -0.575. The first-order chi connectivity index (χ1) is 8.01. The van der Waals surface area contributed by atoms with Gasteiger partial charge in [0.2, 0.25) is 0 Å². The molecule has 0 aliphatic carbocycles. The van der Waals surface area contributed by atoms with Crippen molar-refractivity contribution in [3.8, 4) is 0 Å². The highest BCUT2D eigenvalue weighted by molar-refractivity contribution is 5.75. The predicted molar refractivity (Wildman–Crippen MR) is 65.7 cm³/mol. The van der Waals surface area contributed by atoms with E-state index in [2.05, 4.69) is 16.8 Å². The van der Waals surface area contributed by atoms with Crippen molar-refractivity contribution in [1.29, 1.82) is 0 Å². The maximum atomic E-state index is 11.2. The van der Waals surface area contributed by atoms with Gasteiger partial charge >= 0.3 is 5.97 Å². The van der Waals surface area contributed by atoms with Gasteiger partial charge < -0.3 is 10.5 Å². The lowest BCUT2D eigenvalue weighted by Crippen LogP contribution is -2.32. The largest absolute Gasteiger partial charge is 0.468 e. The fraction of sp³-hybridized carbons (Fsp3) is 0.667. The van der Waals surface area contributed by atoms with Gasteiger partial charge in [-0.15, -0.1) is 0 Å². The van der Waals surface area contributed by atoms with Crippen LogP contribution in [-0.2, 0) is 22.5 Å². The normalized spacial score (nSPS) is 12.5. The second-order valence-electron chi connectivity index (χ2n) is 4.14. The molecule has 0 radical (unpaired) electrons. The topological polar surface area (TPSA) is 70.1 Å². The van der Waals surface area contributed by atoms with Gasteiger partial charge in [-0.1, -0.05) is 6.92 Å². The summed E-state index contributed by atoms with van der Waals surface area (Å²) in [6, 6.07) is -0.575. The molecule has 5 heteroatoms. The highest BCUT2D eigenvalue weighted by Gasteiger charge is 2.15. The maximum Gasteiger partial charge on any atom is 0.322 e. The molecular weight excluding hydrogens is 218 g/mol. The number of ether oxygens (including phenoxy) is 1. The molecule has 0 amide bonds. The molecule has 0 aromatic carbocycles. The van der Waals surface area contributed by atoms with Gasteiger partial charge in [0.15, 0.2) is 0 Å². The lowest BCUT2D eigenvalue weighted by Gasteiger charge is -2.10. The molecule has 1 atom stereocenters. The van der Waals surface area contributed by atoms with Crippen molar-refractivity contribution >= 4 is 5.97 Å². The summed E-state index contributed by atoms with van der Waals surface area (Å²) in [5, 5.41) is 4.45. The van der Waals surface area contributed by atoms with Crippen molar-refractivity contribution < 1.29 is 9.53 Å². The van der Waals surface area contributed by atoms with Gasteiger partial charge in [-0.05, 0) is 32.3 Å². The Morgan fingerprint density at radius 1 is 1.53 bits per heavy atom. The van der Waals surface area contributed by atoms with Gasteiger partial charge in [-0.3, -0.25) is 9.48 Å². The Kier molecular flexibility index (Phi) is 4.69. The number of methoxy groups -OCH3 is 1. The molecule has 0 aliphatic heterocycles. The average molecular weight is 239 g/mol. The van der Waals surface area contributed by atoms with E-state index in [-0.39, 0.29) is 5.97 Å². The fourth-order valence-electron chi connectivity index (χ4n) is 1.99. The molecule has 1 rings (SSSR count). The summed E-state index contributed by atoms with van der Waals surface area (Å²) in [6.07, 6.45) is 1.51. The van der Waals surface area contributed by atoms with Crippen molar-refractivity contribution in [1.82, 2.24) is 9.78 Å². The molecule has 1 aromatic rings. The Labute approximate surface area is 102 Å². The van der Waals surface area contributed by atoms with Gasteiger partial charge in [0, 0.05) is 12.2 Å². The third-order valence-electron chi connectivity index (χ3n) is 3.04. The molecule has 5 nitrogen and oxygen atoms in total. The van der Waals surface area contributed by atoms with Crippen molar-refractivity contribution in [3.63, 3.8) is 0 Å². The first-order valence-electron chi connectivity index (χ1n) is 5.87. The summed E-state index contributed by atoms with van der Waals surface area (Å²) in [4.78, 5) is 11.2. The molecule has 1 unspecified atom stereocenters. The molecule has 0 fully saturated rings. The van der Waals surface area contributed by atoms with E-state index in [0.29, 0.717) is 13.0 Å². The number of hydrogen-bond acceptors (Lipinski definition) is 4. The molecule has 0 spiro atoms. The minimum absolute atomic E-state index is 0.373. The van der Waals surface area contributed by atoms with Crippen LogP contribution in [0, 0.1) is 13.8 Å². The van der Waals surface area contributed by atoms with Crippen LogP contribution in [0.3, 0.4) is 0 Å². The van der Waals surface area contributed by atoms with Crippen LogP contribution in [0.2, 0.25) is 0 Å². The average Bonchev–Trinajstić information content (AvgIpc) is 2.59. The van der Waals surface area contributed by atoms with Crippen LogP contribution >= 0.6 is 0 Å². The van der Waals surface area contributed by atoms with Crippen LogP contribution in [0.5, 0.6) is 0 Å². The van der Waals surface area contributed by atoms with Crippen molar-refractivity contribution in [2.45, 2.75) is 46.2 Å². The second kappa shape index (κ2) is 5.82. The fourth-order valence-corrected chi connectivity index (χ4v) is 1.99. The van der Waals surface area contributed by atoms with Crippen LogP contribution in [0.1, 0.15) is 30.3 Å². The first kappa shape index (κ1) is 13.7. The summed E-state index contributed by atoms with van der Waals surface area (Å²) in [6.45, 7) is 6.80. The third kappa shape index (κ3) is 3.06. The number of nitrogens with zero attached hydrogens (tertiary/aromatic N) is 2. The summed E-state index contributed by atoms with van der Waals surface area (Å²) in [7, 11) is 1.35. The lowest BCUT2D eigenvalue weighted by atomic mass is 10.1. The molecule has 0 aliphatic rings. The van der Waals surface area contributed by atoms with Crippen molar-refractivity contribution in [2.75, 3.05) is 7.11 Å². The predicted octanol–water partition coefficient (Wildman–Crippen LogP) is 0.953. The van der Waals surface area contributed by atoms with Crippen LogP contribution in [0.25, 0.3) is 0 Å². The molecule has 0 saturated carbocycles. The van der Waals surface area contributed by atoms with E-state index in [1.807, 2.05) is 18.5 Å². The number of rotatable bonds is 5. The maximum absolute atomic E-state index is 11.2. The van der Waals surface area contributed by atoms with Crippen molar-refractivity contribution in [2.24, 2.45) is 5.73 Å². The van der Waals surface area contributed by atoms with Crippen LogP contribution in [0.4, 0.5) is 0 Å². The second-order valence-corrected chi connectivity index (χ2v) is 4.14. The number of carbonyl (C=O) groups excluding carboxylic acids is 1. The minimum Gasteiger partial charge on any atom is -0.468 e. The zero-order chi connectivity index (χ0) is 13.0. The van der Waals surface area contributed by atoms with E-state index in [1.165, 1.54) is 12.7 Å². The number of aromatic nitrogens is 2. The Bertz CT molecular complexity index is 399. The third-order valence-corrected chi connectivity index (χ3v) is 3.04. The van der Waals surface area contributed by atoms with Crippen LogP contribution < -0.4 is 5.73 Å². The van der Waals surface area contributed by atoms with Gasteiger partial charge in [0.05, 0.1) is 12.8 Å². The molecule has 0 bridgehead atoms. The first-order valence-corrected chi connectivity index (χ1v) is 5.87. The molecule has 2 N–H and O–H groups in total. The summed E-state index contributed by atoms with van der Waals surface area (Å²) in [5.74, 6) is -0.373. The van der Waals surface area contributed by atoms with Crippen LogP contribution in [0.15, 0.2) is 0 Å². The van der Waals surface area contributed by atoms with E-state index in [1.54, 1.807) is 0 Å². The summed E-state index contributed by atoms with van der Waals surface area (Å²) >= 11 is 0. The lowest BCUT2D eigenvalue weighted by molar-refractivity contribution is -0.142. The molecule has 1 aromatic heterocycles. The van der Waals surface area contributed by atoms with Gasteiger partial charge in [0.25, 0.3) is 0 Å². The Morgan fingerprint density at radius 3 is 2.65 bits per heavy atom. The van der Waals surface area contributed by atoms with Gasteiger partial charge in [-0.25, -0.2) is 0 Å². The Balaban J connectivity index is 2.67. The number of carbonyl (C=O) groups is 1. The Morgan fingerprint density at radius 2 is 2.18 bits per heavy atom. The number of nitrogens with two attached hydrogens (primary N) is 1. The monoisotopic (exact) mass is 239 g/mol. The molecule has 17 heavy (non-hydrogen) atoms. The van der Waals surface area contributed by atoms with Crippen molar-refractivity contribution in [3.05, 3.63) is 17.0 Å². The van der Waals surface area contributed by atoms with Gasteiger partial charge in [0.1, 0.15) is 6.04 Å². The van der Waals surface area contributed by atoms with E-state index in [0.717, 1.165) is 17.8 Å². The summed E-state index contributed by atoms with van der Waals surface area (Å²) in [5.41, 5.74) is 9.17. The van der Waals surface area contributed by atoms with E-state index in [9.17, 15) is 4.79 Å². The number of esters is 1. The summed E-state index contributed by atoms with van der Waals surface area (Å²) < 4.78 is 6.50. The smallest absolute Gasteiger partial charge is 0.322 e. The van der Waals surface area contributed by atoms with Crippen LogP contribution in [-0.4, -0.2) is 28.9 Å². The molecule has 96 valence electrons. The van der Waals surface area contributed by atoms with E-state index >= 15 is 0 Å². The standard InChI is InChI=1S/C12H21N3O2/c1-5-10-8(2)14-15(9(10)3)7-6-11(13)12(16)17-4/h11H,5-7,13H2,1-4H3. The quantitative estimate of drug-likeness (QED) is 0.777. The van der Waals surface area contributed by atoms with E-state index in [4.69, 9.17) is 5.73 Å². The highest BCUT2D eigenvalue weighted by Crippen LogP contribution is 2.14. The SMILES string of the molecule is CCc1c(C)nn(CCC(N)C(=O)OC)c1C. The van der Waals surface area contributed by atoms with Gasteiger partial charge in [-0.2, -0.15) is 5.10 Å². The molecular formula is C12H21N3O2. The van der Waals surface area contributed by atoms with E-state index < -0.39 is 6.04 Å².